The van der Waals surface area contributed by atoms with E-state index in [1.165, 1.54) is 13.2 Å². The van der Waals surface area contributed by atoms with Gasteiger partial charge < -0.3 is 20.7 Å². The first-order chi connectivity index (χ1) is 7.88. The summed E-state index contributed by atoms with van der Waals surface area (Å²) in [4.78, 5) is 10.7. The van der Waals surface area contributed by atoms with Crippen molar-refractivity contribution in [2.45, 2.75) is 26.3 Å². The van der Waals surface area contributed by atoms with E-state index in [2.05, 4.69) is 0 Å². The van der Waals surface area contributed by atoms with Crippen molar-refractivity contribution in [2.75, 3.05) is 7.11 Å². The maximum atomic E-state index is 10.7. The number of phenols is 1. The van der Waals surface area contributed by atoms with Crippen LogP contribution >= 0.6 is 0 Å². The van der Waals surface area contributed by atoms with Crippen LogP contribution in [0.4, 0.5) is 0 Å². The van der Waals surface area contributed by atoms with Crippen LogP contribution in [0.1, 0.15) is 16.7 Å². The molecular weight excluding hydrogens is 222 g/mol. The maximum absolute atomic E-state index is 10.7. The quantitative estimate of drug-likeness (QED) is 0.728. The van der Waals surface area contributed by atoms with Crippen LogP contribution in [0.3, 0.4) is 0 Å². The highest BCUT2D eigenvalue weighted by molar-refractivity contribution is 5.73. The summed E-state index contributed by atoms with van der Waals surface area (Å²) in [5.74, 6) is -0.643. The second-order valence-corrected chi connectivity index (χ2v) is 3.99. The van der Waals surface area contributed by atoms with Gasteiger partial charge in [-0.15, -0.1) is 0 Å². The van der Waals surface area contributed by atoms with E-state index < -0.39 is 12.0 Å². The molecule has 5 nitrogen and oxygen atoms in total. The highest BCUT2D eigenvalue weighted by Crippen LogP contribution is 2.34. The van der Waals surface area contributed by atoms with Crippen LogP contribution in [0.5, 0.6) is 11.5 Å². The van der Waals surface area contributed by atoms with E-state index in [4.69, 9.17) is 15.6 Å². The highest BCUT2D eigenvalue weighted by atomic mass is 16.5. The van der Waals surface area contributed by atoms with Crippen LogP contribution in [0.25, 0.3) is 0 Å². The monoisotopic (exact) mass is 239 g/mol. The molecule has 0 radical (unpaired) electrons. The molecule has 0 aromatic heterocycles. The van der Waals surface area contributed by atoms with Gasteiger partial charge >= 0.3 is 5.97 Å². The number of carbonyl (C=O) groups is 1. The Kier molecular flexibility index (Phi) is 3.96. The van der Waals surface area contributed by atoms with Gasteiger partial charge in [0.15, 0.2) is 11.5 Å². The Balaban J connectivity index is 3.15. The molecule has 94 valence electrons. The highest BCUT2D eigenvalue weighted by Gasteiger charge is 2.17. The van der Waals surface area contributed by atoms with Crippen LogP contribution in [0.2, 0.25) is 0 Å². The summed E-state index contributed by atoms with van der Waals surface area (Å²) in [7, 11) is 1.48. The predicted octanol–water partition coefficient (Wildman–Crippen LogP) is 0.972. The first kappa shape index (κ1) is 13.3. The minimum absolute atomic E-state index is 0.00295. The SMILES string of the molecule is COc1c(O)cc(CC(N)C(=O)O)c(C)c1C. The van der Waals surface area contributed by atoms with Gasteiger partial charge in [0.1, 0.15) is 6.04 Å². The van der Waals surface area contributed by atoms with E-state index >= 15 is 0 Å². The van der Waals surface area contributed by atoms with E-state index in [-0.39, 0.29) is 12.2 Å². The van der Waals surface area contributed by atoms with Gasteiger partial charge in [-0.2, -0.15) is 0 Å². The molecule has 0 bridgehead atoms. The van der Waals surface area contributed by atoms with Gasteiger partial charge in [0.2, 0.25) is 0 Å². The normalized spacial score (nSPS) is 12.2. The summed E-state index contributed by atoms with van der Waals surface area (Å²) in [5.41, 5.74) is 7.87. The summed E-state index contributed by atoms with van der Waals surface area (Å²) >= 11 is 0. The number of hydrogen-bond donors (Lipinski definition) is 3. The van der Waals surface area contributed by atoms with Crippen LogP contribution < -0.4 is 10.5 Å². The topological polar surface area (TPSA) is 92.8 Å². The summed E-state index contributed by atoms with van der Waals surface area (Å²) in [5, 5.41) is 18.5. The third-order valence-electron chi connectivity index (χ3n) is 2.89. The molecule has 0 amide bonds. The lowest BCUT2D eigenvalue weighted by Crippen LogP contribution is -2.32. The minimum atomic E-state index is -1.06. The number of nitrogens with two attached hydrogens (primary N) is 1. The molecular formula is C12H17NO4. The number of rotatable bonds is 4. The molecule has 0 heterocycles. The largest absolute Gasteiger partial charge is 0.504 e. The average Bonchev–Trinajstić information content (AvgIpc) is 2.26. The second-order valence-electron chi connectivity index (χ2n) is 3.99. The summed E-state index contributed by atoms with van der Waals surface area (Å²) in [6, 6.07) is 0.533. The van der Waals surface area contributed by atoms with Crippen molar-refractivity contribution in [1.82, 2.24) is 0 Å². The Hall–Kier alpha value is -1.75. The number of methoxy groups -OCH3 is 1. The Labute approximate surface area is 99.8 Å². The van der Waals surface area contributed by atoms with Crippen LogP contribution in [-0.4, -0.2) is 29.3 Å². The lowest BCUT2D eigenvalue weighted by atomic mass is 9.96. The van der Waals surface area contributed by atoms with Crippen molar-refractivity contribution in [3.63, 3.8) is 0 Å². The number of carboxylic acids is 1. The molecule has 0 spiro atoms. The zero-order valence-electron chi connectivity index (χ0n) is 10.2. The number of carboxylic acid groups (broad SMARTS) is 1. The second kappa shape index (κ2) is 5.05. The standard InChI is InChI=1S/C12H17NO4/c1-6-7(2)11(17-3)10(14)5-8(6)4-9(13)12(15)16/h5,9,14H,4,13H2,1-3H3,(H,15,16). The molecule has 1 aromatic carbocycles. The Morgan fingerprint density at radius 1 is 1.47 bits per heavy atom. The molecule has 1 rings (SSSR count). The Morgan fingerprint density at radius 2 is 2.06 bits per heavy atom. The number of phenolic OH excluding ortho intramolecular Hbond substituents is 1. The molecule has 0 saturated heterocycles. The van der Waals surface area contributed by atoms with Crippen LogP contribution in [-0.2, 0) is 11.2 Å². The molecule has 0 aliphatic carbocycles. The fourth-order valence-electron chi connectivity index (χ4n) is 1.74. The molecule has 0 fully saturated rings. The van der Waals surface area contributed by atoms with Crippen molar-refractivity contribution in [3.05, 3.63) is 22.8 Å². The molecule has 4 N–H and O–H groups in total. The molecule has 0 aliphatic rings. The summed E-state index contributed by atoms with van der Waals surface area (Å²) < 4.78 is 5.07. The van der Waals surface area contributed by atoms with Gasteiger partial charge in [0.25, 0.3) is 0 Å². The molecule has 1 atom stereocenters. The van der Waals surface area contributed by atoms with Crippen LogP contribution in [0.15, 0.2) is 6.07 Å². The molecule has 17 heavy (non-hydrogen) atoms. The summed E-state index contributed by atoms with van der Waals surface area (Å²) in [6.07, 6.45) is 0.180. The Bertz CT molecular complexity index is 443. The lowest BCUT2D eigenvalue weighted by Gasteiger charge is -2.15. The number of benzene rings is 1. The lowest BCUT2D eigenvalue weighted by molar-refractivity contribution is -0.138. The third-order valence-corrected chi connectivity index (χ3v) is 2.89. The van der Waals surface area contributed by atoms with E-state index in [0.29, 0.717) is 5.75 Å². The van der Waals surface area contributed by atoms with Gasteiger partial charge in [-0.25, -0.2) is 0 Å². The van der Waals surface area contributed by atoms with Crippen molar-refractivity contribution in [3.8, 4) is 11.5 Å². The number of ether oxygens (including phenoxy) is 1. The van der Waals surface area contributed by atoms with Gasteiger partial charge in [0, 0.05) is 0 Å². The fourth-order valence-corrected chi connectivity index (χ4v) is 1.74. The molecule has 1 unspecified atom stereocenters. The minimum Gasteiger partial charge on any atom is -0.504 e. The van der Waals surface area contributed by atoms with E-state index in [1.54, 1.807) is 0 Å². The first-order valence-electron chi connectivity index (χ1n) is 5.22. The molecule has 0 aliphatic heterocycles. The van der Waals surface area contributed by atoms with Gasteiger partial charge in [-0.05, 0) is 43.0 Å². The van der Waals surface area contributed by atoms with Crippen molar-refractivity contribution in [1.29, 1.82) is 0 Å². The van der Waals surface area contributed by atoms with E-state index in [0.717, 1.165) is 16.7 Å². The smallest absolute Gasteiger partial charge is 0.320 e. The first-order valence-corrected chi connectivity index (χ1v) is 5.22. The van der Waals surface area contributed by atoms with E-state index in [9.17, 15) is 9.90 Å². The zero-order valence-corrected chi connectivity index (χ0v) is 10.2. The molecule has 0 saturated carbocycles. The zero-order chi connectivity index (χ0) is 13.2. The average molecular weight is 239 g/mol. The van der Waals surface area contributed by atoms with Crippen molar-refractivity contribution in [2.24, 2.45) is 5.73 Å². The van der Waals surface area contributed by atoms with Crippen molar-refractivity contribution < 1.29 is 19.7 Å². The van der Waals surface area contributed by atoms with Crippen LogP contribution in [0, 0.1) is 13.8 Å². The predicted molar refractivity (Wildman–Crippen MR) is 63.4 cm³/mol. The van der Waals surface area contributed by atoms with Gasteiger partial charge in [0.05, 0.1) is 7.11 Å². The maximum Gasteiger partial charge on any atom is 0.320 e. The van der Waals surface area contributed by atoms with Crippen molar-refractivity contribution >= 4 is 5.97 Å². The molecule has 5 heteroatoms. The van der Waals surface area contributed by atoms with E-state index in [1.807, 2.05) is 13.8 Å². The Morgan fingerprint density at radius 3 is 2.53 bits per heavy atom. The molecule has 1 aromatic rings. The fraction of sp³-hybridized carbons (Fsp3) is 0.417. The summed E-state index contributed by atoms with van der Waals surface area (Å²) in [6.45, 7) is 3.66. The van der Waals surface area contributed by atoms with Gasteiger partial charge in [-0.1, -0.05) is 0 Å². The third kappa shape index (κ3) is 2.68. The number of aliphatic carboxylic acids is 1. The number of hydrogen-bond acceptors (Lipinski definition) is 4. The number of aromatic hydroxyl groups is 1. The van der Waals surface area contributed by atoms with Gasteiger partial charge in [-0.3, -0.25) is 4.79 Å².